The van der Waals surface area contributed by atoms with Gasteiger partial charge in [-0.25, -0.2) is 0 Å². The van der Waals surface area contributed by atoms with Crippen molar-refractivity contribution in [3.63, 3.8) is 0 Å². The highest BCUT2D eigenvalue weighted by Crippen LogP contribution is 2.34. The molecule has 0 heterocycles. The van der Waals surface area contributed by atoms with E-state index in [9.17, 15) is 0 Å². The van der Waals surface area contributed by atoms with Crippen molar-refractivity contribution in [2.45, 2.75) is 45.1 Å². The average Bonchev–Trinajstić information content (AvgIpc) is 2.32. The maximum absolute atomic E-state index is 6.38. The normalized spacial score (nSPS) is 19.7. The Morgan fingerprint density at radius 3 is 2.62 bits per heavy atom. The van der Waals surface area contributed by atoms with Crippen molar-refractivity contribution in [3.05, 3.63) is 34.3 Å². The van der Waals surface area contributed by atoms with Crippen LogP contribution in [0.15, 0.2) is 18.2 Å². The molecule has 0 spiro atoms. The van der Waals surface area contributed by atoms with E-state index < -0.39 is 0 Å². The second-order valence-corrected chi connectivity index (χ2v) is 5.36. The van der Waals surface area contributed by atoms with Crippen LogP contribution in [0.25, 0.3) is 0 Å². The van der Waals surface area contributed by atoms with Gasteiger partial charge in [-0.15, -0.1) is 0 Å². The summed E-state index contributed by atoms with van der Waals surface area (Å²) in [6.07, 6.45) is 6.58. The lowest BCUT2D eigenvalue weighted by atomic mass is 9.80. The van der Waals surface area contributed by atoms with Crippen molar-refractivity contribution < 1.29 is 0 Å². The van der Waals surface area contributed by atoms with E-state index in [1.807, 2.05) is 12.1 Å². The first-order chi connectivity index (χ1) is 7.68. The smallest absolute Gasteiger partial charge is 0.0409 e. The zero-order chi connectivity index (χ0) is 11.5. The molecule has 0 saturated heterocycles. The van der Waals surface area contributed by atoms with E-state index in [1.54, 1.807) is 0 Å². The third kappa shape index (κ3) is 2.58. The molecule has 1 fully saturated rings. The van der Waals surface area contributed by atoms with Crippen molar-refractivity contribution in [1.82, 2.24) is 0 Å². The summed E-state index contributed by atoms with van der Waals surface area (Å²) in [6.45, 7) is 2.12. The number of nitrogens with two attached hydrogens (primary N) is 1. The van der Waals surface area contributed by atoms with Gasteiger partial charge in [0.05, 0.1) is 0 Å². The maximum Gasteiger partial charge on any atom is 0.0409 e. The second kappa shape index (κ2) is 5.20. The molecule has 0 amide bonds. The topological polar surface area (TPSA) is 26.0 Å². The maximum atomic E-state index is 6.38. The molecule has 2 rings (SSSR count). The fourth-order valence-electron chi connectivity index (χ4n) is 2.72. The van der Waals surface area contributed by atoms with Gasteiger partial charge in [0.15, 0.2) is 0 Å². The van der Waals surface area contributed by atoms with Gasteiger partial charge in [-0.05, 0) is 48.9 Å². The molecule has 88 valence electrons. The van der Waals surface area contributed by atoms with Crippen LogP contribution in [-0.4, -0.2) is 0 Å². The summed E-state index contributed by atoms with van der Waals surface area (Å²) in [4.78, 5) is 0. The van der Waals surface area contributed by atoms with Crippen LogP contribution in [0.4, 0.5) is 0 Å². The fourth-order valence-corrected chi connectivity index (χ4v) is 2.90. The molecule has 0 aliphatic heterocycles. The molecule has 16 heavy (non-hydrogen) atoms. The molecule has 1 aromatic rings. The average molecular weight is 238 g/mol. The number of halogens is 1. The Kier molecular flexibility index (Phi) is 3.88. The fraction of sp³-hybridized carbons (Fsp3) is 0.571. The van der Waals surface area contributed by atoms with Crippen molar-refractivity contribution in [2.24, 2.45) is 11.7 Å². The Labute approximate surface area is 103 Å². The Morgan fingerprint density at radius 2 is 1.94 bits per heavy atom. The lowest BCUT2D eigenvalue weighted by molar-refractivity contribution is 0.307. The summed E-state index contributed by atoms with van der Waals surface area (Å²) >= 11 is 6.04. The third-order valence-corrected chi connectivity index (χ3v) is 3.99. The van der Waals surface area contributed by atoms with Gasteiger partial charge >= 0.3 is 0 Å². The molecule has 0 aromatic heterocycles. The van der Waals surface area contributed by atoms with Gasteiger partial charge in [0.2, 0.25) is 0 Å². The standard InChI is InChI=1S/C14H20ClN/c1-10-7-8-12(15)9-13(10)14(16)11-5-3-2-4-6-11/h7-9,11,14H,2-6,16H2,1H3. The predicted octanol–water partition coefficient (Wildman–Crippen LogP) is 4.23. The van der Waals surface area contributed by atoms with E-state index >= 15 is 0 Å². The lowest BCUT2D eigenvalue weighted by Gasteiger charge is -2.28. The zero-order valence-electron chi connectivity index (χ0n) is 9.88. The van der Waals surface area contributed by atoms with Gasteiger partial charge in [0.1, 0.15) is 0 Å². The number of aryl methyl sites for hydroxylation is 1. The Bertz CT molecular complexity index is 356. The minimum absolute atomic E-state index is 0.166. The van der Waals surface area contributed by atoms with Crippen LogP contribution in [0.1, 0.15) is 49.3 Å². The number of hydrogen-bond donors (Lipinski definition) is 1. The molecule has 1 aliphatic carbocycles. The summed E-state index contributed by atoms with van der Waals surface area (Å²) in [7, 11) is 0. The van der Waals surface area contributed by atoms with Crippen LogP contribution >= 0.6 is 11.6 Å². The first-order valence-electron chi connectivity index (χ1n) is 6.20. The van der Waals surface area contributed by atoms with E-state index in [4.69, 9.17) is 17.3 Å². The minimum Gasteiger partial charge on any atom is -0.324 e. The molecule has 1 nitrogen and oxygen atoms in total. The van der Waals surface area contributed by atoms with E-state index in [0.717, 1.165) is 5.02 Å². The van der Waals surface area contributed by atoms with Crippen LogP contribution < -0.4 is 5.73 Å². The van der Waals surface area contributed by atoms with E-state index in [0.29, 0.717) is 5.92 Å². The summed E-state index contributed by atoms with van der Waals surface area (Å²) in [5.41, 5.74) is 8.88. The first kappa shape index (κ1) is 11.9. The first-order valence-corrected chi connectivity index (χ1v) is 6.58. The molecule has 2 heteroatoms. The van der Waals surface area contributed by atoms with Gasteiger partial charge in [-0.3, -0.25) is 0 Å². The van der Waals surface area contributed by atoms with E-state index in [2.05, 4.69) is 13.0 Å². The minimum atomic E-state index is 0.166. The van der Waals surface area contributed by atoms with Crippen LogP contribution in [0, 0.1) is 12.8 Å². The molecule has 0 bridgehead atoms. The van der Waals surface area contributed by atoms with Gasteiger partial charge in [-0.2, -0.15) is 0 Å². The summed E-state index contributed by atoms with van der Waals surface area (Å²) in [5, 5.41) is 0.798. The highest BCUT2D eigenvalue weighted by Gasteiger charge is 2.22. The van der Waals surface area contributed by atoms with Crippen molar-refractivity contribution >= 4 is 11.6 Å². The number of hydrogen-bond acceptors (Lipinski definition) is 1. The molecule has 2 N–H and O–H groups in total. The molecule has 1 aromatic carbocycles. The van der Waals surface area contributed by atoms with Crippen molar-refractivity contribution in [1.29, 1.82) is 0 Å². The number of benzene rings is 1. The Hall–Kier alpha value is -0.530. The molecular formula is C14H20ClN. The Balaban J connectivity index is 2.18. The predicted molar refractivity (Wildman–Crippen MR) is 69.7 cm³/mol. The van der Waals surface area contributed by atoms with Crippen LogP contribution in [0.5, 0.6) is 0 Å². The highest BCUT2D eigenvalue weighted by molar-refractivity contribution is 6.30. The van der Waals surface area contributed by atoms with E-state index in [-0.39, 0.29) is 6.04 Å². The summed E-state index contributed by atoms with van der Waals surface area (Å²) in [5.74, 6) is 0.644. The highest BCUT2D eigenvalue weighted by atomic mass is 35.5. The van der Waals surface area contributed by atoms with Gasteiger partial charge in [0.25, 0.3) is 0 Å². The van der Waals surface area contributed by atoms with E-state index in [1.165, 1.54) is 43.2 Å². The molecule has 1 atom stereocenters. The number of rotatable bonds is 2. The summed E-state index contributed by atoms with van der Waals surface area (Å²) in [6, 6.07) is 6.21. The second-order valence-electron chi connectivity index (χ2n) is 4.92. The lowest BCUT2D eigenvalue weighted by Crippen LogP contribution is -2.24. The quantitative estimate of drug-likeness (QED) is 0.819. The monoisotopic (exact) mass is 237 g/mol. The van der Waals surface area contributed by atoms with Gasteiger partial charge in [0, 0.05) is 11.1 Å². The van der Waals surface area contributed by atoms with Gasteiger partial charge < -0.3 is 5.73 Å². The molecule has 1 saturated carbocycles. The van der Waals surface area contributed by atoms with Crippen molar-refractivity contribution in [3.8, 4) is 0 Å². The van der Waals surface area contributed by atoms with Gasteiger partial charge in [-0.1, -0.05) is 36.9 Å². The molecular weight excluding hydrogens is 218 g/mol. The van der Waals surface area contributed by atoms with Crippen molar-refractivity contribution in [2.75, 3.05) is 0 Å². The SMILES string of the molecule is Cc1ccc(Cl)cc1C(N)C1CCCCC1. The Morgan fingerprint density at radius 1 is 1.25 bits per heavy atom. The summed E-state index contributed by atoms with van der Waals surface area (Å²) < 4.78 is 0. The van der Waals surface area contributed by atoms with Crippen LogP contribution in [0.2, 0.25) is 5.02 Å². The third-order valence-electron chi connectivity index (χ3n) is 3.76. The largest absolute Gasteiger partial charge is 0.324 e. The van der Waals surface area contributed by atoms with Crippen LogP contribution in [-0.2, 0) is 0 Å². The molecule has 1 unspecified atom stereocenters. The molecule has 1 aliphatic rings. The molecule has 0 radical (unpaired) electrons. The zero-order valence-corrected chi connectivity index (χ0v) is 10.6. The van der Waals surface area contributed by atoms with Crippen LogP contribution in [0.3, 0.4) is 0 Å².